The number of ether oxygens (including phenoxy) is 2. The summed E-state index contributed by atoms with van der Waals surface area (Å²) in [6, 6.07) is 0. The van der Waals surface area contributed by atoms with Crippen molar-refractivity contribution in [2.45, 2.75) is 104 Å². The number of rotatable bonds is 9. The number of hydrogen-bond donors (Lipinski definition) is 0. The molecule has 2 unspecified atom stereocenters. The van der Waals surface area contributed by atoms with Crippen LogP contribution in [0.4, 0.5) is 8.78 Å². The number of hydrogen-bond acceptors (Lipinski definition) is 4. The molecule has 162 valence electrons. The summed E-state index contributed by atoms with van der Waals surface area (Å²) >= 11 is 0. The van der Waals surface area contributed by atoms with Crippen molar-refractivity contribution in [3.63, 3.8) is 0 Å². The molecule has 0 amide bonds. The van der Waals surface area contributed by atoms with Gasteiger partial charge in [-0.3, -0.25) is 4.79 Å². The Balaban J connectivity index is 2.11. The molecule has 0 spiro atoms. The van der Waals surface area contributed by atoms with Gasteiger partial charge in [-0.05, 0) is 69.6 Å². The third-order valence-electron chi connectivity index (χ3n) is 6.86. The van der Waals surface area contributed by atoms with E-state index in [1.165, 1.54) is 6.92 Å². The highest BCUT2D eigenvalue weighted by molar-refractivity contribution is 5.81. The van der Waals surface area contributed by atoms with Crippen LogP contribution in [0.1, 0.15) is 86.5 Å². The lowest BCUT2D eigenvalue weighted by molar-refractivity contribution is -0.213. The number of carbonyl (C=O) groups excluding carboxylic acids is 2. The molecule has 2 rings (SSSR count). The first-order valence-electron chi connectivity index (χ1n) is 10.7. The molecule has 0 aromatic carbocycles. The Labute approximate surface area is 167 Å². The molecule has 0 saturated heterocycles. The molecule has 2 saturated carbocycles. The fourth-order valence-electron chi connectivity index (χ4n) is 4.76. The van der Waals surface area contributed by atoms with Crippen LogP contribution in [0.2, 0.25) is 0 Å². The van der Waals surface area contributed by atoms with E-state index in [1.54, 1.807) is 6.92 Å². The molecule has 2 fully saturated rings. The second kappa shape index (κ2) is 8.27. The standard InChI is InChI=1S/C22H36F2O4/c1-7-17(27-18(25)20(6,15(4)5)12-14(2)3)22(23,24)19(26)28-21-10-8-16(13-21)9-11-21/h14-17H,7-13H2,1-6H3. The Morgan fingerprint density at radius 3 is 2.07 bits per heavy atom. The highest BCUT2D eigenvalue weighted by atomic mass is 19.3. The fraction of sp³-hybridized carbons (Fsp3) is 0.909. The summed E-state index contributed by atoms with van der Waals surface area (Å²) in [5.74, 6) is -5.46. The fourth-order valence-corrected chi connectivity index (χ4v) is 4.76. The monoisotopic (exact) mass is 402 g/mol. The van der Waals surface area contributed by atoms with Gasteiger partial charge < -0.3 is 9.47 Å². The number of halogens is 2. The molecule has 0 heterocycles. The molecule has 2 atom stereocenters. The Bertz CT molecular complexity index is 579. The molecular weight excluding hydrogens is 366 g/mol. The van der Waals surface area contributed by atoms with E-state index in [1.807, 2.05) is 27.7 Å². The molecule has 0 aliphatic heterocycles. The minimum atomic E-state index is -3.85. The van der Waals surface area contributed by atoms with E-state index in [2.05, 4.69) is 0 Å². The van der Waals surface area contributed by atoms with Crippen molar-refractivity contribution < 1.29 is 27.8 Å². The summed E-state index contributed by atoms with van der Waals surface area (Å²) in [5, 5.41) is 0. The van der Waals surface area contributed by atoms with Gasteiger partial charge in [-0.25, -0.2) is 4.79 Å². The van der Waals surface area contributed by atoms with Crippen molar-refractivity contribution in [1.82, 2.24) is 0 Å². The normalized spacial score (nSPS) is 27.7. The van der Waals surface area contributed by atoms with Crippen LogP contribution in [0.25, 0.3) is 0 Å². The largest absolute Gasteiger partial charge is 0.455 e. The second-order valence-corrected chi connectivity index (χ2v) is 9.82. The average molecular weight is 403 g/mol. The molecule has 2 aliphatic rings. The van der Waals surface area contributed by atoms with E-state index in [0.717, 1.165) is 12.8 Å². The molecule has 28 heavy (non-hydrogen) atoms. The van der Waals surface area contributed by atoms with Gasteiger partial charge in [-0.15, -0.1) is 0 Å². The van der Waals surface area contributed by atoms with Crippen LogP contribution >= 0.6 is 0 Å². The SMILES string of the molecule is CCC(OC(=O)C(C)(CC(C)C)C(C)C)C(F)(F)C(=O)OC12CCC(CC1)C2. The highest BCUT2D eigenvalue weighted by Gasteiger charge is 2.56. The van der Waals surface area contributed by atoms with E-state index in [4.69, 9.17) is 9.47 Å². The third kappa shape index (κ3) is 4.51. The maximum absolute atomic E-state index is 14.9. The lowest BCUT2D eigenvalue weighted by Gasteiger charge is -2.36. The molecule has 2 aliphatic carbocycles. The maximum Gasteiger partial charge on any atom is 0.381 e. The summed E-state index contributed by atoms with van der Waals surface area (Å²) in [4.78, 5) is 25.2. The summed E-state index contributed by atoms with van der Waals surface area (Å²) < 4.78 is 40.4. The summed E-state index contributed by atoms with van der Waals surface area (Å²) in [6.07, 6.45) is 2.38. The van der Waals surface area contributed by atoms with Crippen LogP contribution in [0.15, 0.2) is 0 Å². The predicted molar refractivity (Wildman–Crippen MR) is 103 cm³/mol. The Hall–Kier alpha value is -1.20. The van der Waals surface area contributed by atoms with Crippen molar-refractivity contribution in [2.75, 3.05) is 0 Å². The first-order valence-corrected chi connectivity index (χ1v) is 10.7. The van der Waals surface area contributed by atoms with Gasteiger partial charge in [-0.1, -0.05) is 34.6 Å². The summed E-state index contributed by atoms with van der Waals surface area (Å²) in [7, 11) is 0. The lowest BCUT2D eigenvalue weighted by Crippen LogP contribution is -2.50. The van der Waals surface area contributed by atoms with E-state index < -0.39 is 35.0 Å². The van der Waals surface area contributed by atoms with Gasteiger partial charge in [0.1, 0.15) is 5.60 Å². The van der Waals surface area contributed by atoms with Gasteiger partial charge in [0.15, 0.2) is 6.10 Å². The number of alkyl halides is 2. The maximum atomic E-state index is 14.9. The minimum Gasteiger partial charge on any atom is -0.455 e. The topological polar surface area (TPSA) is 52.6 Å². The van der Waals surface area contributed by atoms with Crippen LogP contribution in [-0.2, 0) is 19.1 Å². The Morgan fingerprint density at radius 2 is 1.68 bits per heavy atom. The number of carbonyl (C=O) groups is 2. The van der Waals surface area contributed by atoms with E-state index in [-0.39, 0.29) is 18.3 Å². The molecule has 6 heteroatoms. The highest BCUT2D eigenvalue weighted by Crippen LogP contribution is 2.50. The quantitative estimate of drug-likeness (QED) is 0.476. The summed E-state index contributed by atoms with van der Waals surface area (Å²) in [6.45, 7) is 11.0. The van der Waals surface area contributed by atoms with E-state index >= 15 is 0 Å². The van der Waals surface area contributed by atoms with Crippen molar-refractivity contribution in [1.29, 1.82) is 0 Å². The van der Waals surface area contributed by atoms with Gasteiger partial charge in [0.05, 0.1) is 5.41 Å². The van der Waals surface area contributed by atoms with Crippen LogP contribution in [0.3, 0.4) is 0 Å². The average Bonchev–Trinajstić information content (AvgIpc) is 3.18. The van der Waals surface area contributed by atoms with Crippen LogP contribution in [-0.4, -0.2) is 29.6 Å². The van der Waals surface area contributed by atoms with Crippen LogP contribution in [0, 0.1) is 23.2 Å². The van der Waals surface area contributed by atoms with Crippen molar-refractivity contribution >= 4 is 11.9 Å². The Kier molecular flexibility index (Phi) is 6.82. The molecule has 0 aromatic rings. The van der Waals surface area contributed by atoms with Gasteiger partial charge >= 0.3 is 17.9 Å². The summed E-state index contributed by atoms with van der Waals surface area (Å²) in [5.41, 5.74) is -1.62. The van der Waals surface area contributed by atoms with Crippen molar-refractivity contribution in [3.8, 4) is 0 Å². The number of fused-ring (bicyclic) bond motifs is 2. The van der Waals surface area contributed by atoms with Gasteiger partial charge in [-0.2, -0.15) is 8.78 Å². The molecule has 0 aromatic heterocycles. The predicted octanol–water partition coefficient (Wildman–Crippen LogP) is 5.53. The van der Waals surface area contributed by atoms with Crippen LogP contribution < -0.4 is 0 Å². The zero-order valence-corrected chi connectivity index (χ0v) is 18.1. The van der Waals surface area contributed by atoms with Crippen molar-refractivity contribution in [3.05, 3.63) is 0 Å². The molecule has 4 nitrogen and oxygen atoms in total. The lowest BCUT2D eigenvalue weighted by atomic mass is 9.73. The zero-order valence-electron chi connectivity index (χ0n) is 18.1. The molecular formula is C22H36F2O4. The minimum absolute atomic E-state index is 0.0757. The van der Waals surface area contributed by atoms with Gasteiger partial charge in [0.25, 0.3) is 0 Å². The van der Waals surface area contributed by atoms with Crippen molar-refractivity contribution in [2.24, 2.45) is 23.2 Å². The zero-order chi connectivity index (χ0) is 21.3. The van der Waals surface area contributed by atoms with E-state index in [0.29, 0.717) is 31.6 Å². The molecule has 0 N–H and O–H groups in total. The van der Waals surface area contributed by atoms with Gasteiger partial charge in [0.2, 0.25) is 0 Å². The second-order valence-electron chi connectivity index (χ2n) is 9.82. The first-order chi connectivity index (χ1) is 12.9. The molecule has 0 radical (unpaired) electrons. The van der Waals surface area contributed by atoms with Crippen LogP contribution in [0.5, 0.6) is 0 Å². The Morgan fingerprint density at radius 1 is 1.11 bits per heavy atom. The number of esters is 2. The first kappa shape index (κ1) is 23.1. The third-order valence-corrected chi connectivity index (χ3v) is 6.86. The van der Waals surface area contributed by atoms with E-state index in [9.17, 15) is 18.4 Å². The smallest absolute Gasteiger partial charge is 0.381 e. The van der Waals surface area contributed by atoms with Gasteiger partial charge in [0, 0.05) is 0 Å². The molecule has 2 bridgehead atoms.